The molecule has 0 spiro atoms. The average molecular weight is 396 g/mol. The fraction of sp³-hybridized carbons (Fsp3) is 0.263. The first-order chi connectivity index (χ1) is 13.3. The third-order valence-corrected chi connectivity index (χ3v) is 6.33. The van der Waals surface area contributed by atoms with Gasteiger partial charge in [0.1, 0.15) is 0 Å². The molecule has 8 heteroatoms. The van der Waals surface area contributed by atoms with Crippen LogP contribution < -0.4 is 0 Å². The van der Waals surface area contributed by atoms with E-state index in [4.69, 9.17) is 4.52 Å². The van der Waals surface area contributed by atoms with Crippen molar-refractivity contribution in [2.75, 3.05) is 0 Å². The van der Waals surface area contributed by atoms with Crippen LogP contribution in [0.4, 0.5) is 0 Å². The summed E-state index contributed by atoms with van der Waals surface area (Å²) in [6, 6.07) is 14.5. The van der Waals surface area contributed by atoms with E-state index in [1.165, 1.54) is 12.8 Å². The molecule has 27 heavy (non-hydrogen) atoms. The fourth-order valence-electron chi connectivity index (χ4n) is 2.91. The van der Waals surface area contributed by atoms with E-state index in [1.807, 2.05) is 36.4 Å². The monoisotopic (exact) mass is 395 g/mol. The fourth-order valence-corrected chi connectivity index (χ4v) is 4.56. The van der Waals surface area contributed by atoms with Crippen molar-refractivity contribution in [3.8, 4) is 22.1 Å². The molecule has 5 rings (SSSR count). The first-order valence-electron chi connectivity index (χ1n) is 8.84. The van der Waals surface area contributed by atoms with Crippen molar-refractivity contribution in [1.29, 1.82) is 0 Å². The van der Waals surface area contributed by atoms with Crippen LogP contribution in [0.25, 0.3) is 22.1 Å². The Morgan fingerprint density at radius 3 is 2.74 bits per heavy atom. The number of benzene rings is 1. The number of rotatable bonds is 6. The second-order valence-electron chi connectivity index (χ2n) is 6.47. The second-order valence-corrected chi connectivity index (χ2v) is 8.72. The minimum atomic E-state index is -0.00662. The van der Waals surface area contributed by atoms with Gasteiger partial charge in [0.2, 0.25) is 11.7 Å². The van der Waals surface area contributed by atoms with Crippen molar-refractivity contribution in [1.82, 2.24) is 24.9 Å². The van der Waals surface area contributed by atoms with Crippen LogP contribution >= 0.6 is 23.1 Å². The maximum atomic E-state index is 5.51. The largest absolute Gasteiger partial charge is 0.338 e. The summed E-state index contributed by atoms with van der Waals surface area (Å²) in [6.45, 7) is 2.06. The molecule has 3 aromatic heterocycles. The first-order valence-corrected chi connectivity index (χ1v) is 10.6. The lowest BCUT2D eigenvalue weighted by molar-refractivity contribution is 0.380. The number of hydrogen-bond acceptors (Lipinski definition) is 7. The Bertz CT molecular complexity index is 1040. The minimum absolute atomic E-state index is 0.00662. The van der Waals surface area contributed by atoms with Gasteiger partial charge in [-0.3, -0.25) is 4.57 Å². The molecule has 1 aromatic carbocycles. The van der Waals surface area contributed by atoms with E-state index in [2.05, 4.69) is 43.3 Å². The maximum Gasteiger partial charge on any atom is 0.240 e. The van der Waals surface area contributed by atoms with E-state index in [0.717, 1.165) is 21.4 Å². The number of thioether (sulfide) groups is 1. The summed E-state index contributed by atoms with van der Waals surface area (Å²) >= 11 is 3.31. The summed E-state index contributed by atoms with van der Waals surface area (Å²) in [5, 5.41) is 16.0. The van der Waals surface area contributed by atoms with Crippen LogP contribution in [0.3, 0.4) is 0 Å². The van der Waals surface area contributed by atoms with Gasteiger partial charge in [-0.2, -0.15) is 4.98 Å². The van der Waals surface area contributed by atoms with Crippen LogP contribution in [-0.2, 0) is 0 Å². The summed E-state index contributed by atoms with van der Waals surface area (Å²) in [4.78, 5) is 5.72. The quantitative estimate of drug-likeness (QED) is 0.416. The molecule has 0 amide bonds. The average Bonchev–Trinajstić information content (AvgIpc) is 3.11. The van der Waals surface area contributed by atoms with Crippen molar-refractivity contribution in [2.24, 2.45) is 0 Å². The number of aromatic nitrogens is 5. The van der Waals surface area contributed by atoms with E-state index < -0.39 is 0 Å². The molecule has 3 heterocycles. The van der Waals surface area contributed by atoms with Crippen LogP contribution in [0.5, 0.6) is 0 Å². The van der Waals surface area contributed by atoms with Gasteiger partial charge in [0.15, 0.2) is 11.0 Å². The summed E-state index contributed by atoms with van der Waals surface area (Å²) in [7, 11) is 0. The number of hydrogen-bond donors (Lipinski definition) is 0. The lowest BCUT2D eigenvalue weighted by Crippen LogP contribution is -2.00. The molecule has 0 aliphatic heterocycles. The van der Waals surface area contributed by atoms with Crippen molar-refractivity contribution in [2.45, 2.75) is 36.2 Å². The predicted molar refractivity (Wildman–Crippen MR) is 106 cm³/mol. The molecule has 1 aliphatic rings. The lowest BCUT2D eigenvalue weighted by atomic mass is 10.2. The van der Waals surface area contributed by atoms with E-state index in [0.29, 0.717) is 17.8 Å². The predicted octanol–water partition coefficient (Wildman–Crippen LogP) is 5.24. The number of nitrogens with zero attached hydrogens (tertiary/aromatic N) is 5. The molecule has 0 saturated heterocycles. The molecule has 4 aromatic rings. The molecule has 1 atom stereocenters. The van der Waals surface area contributed by atoms with Crippen LogP contribution in [0.1, 0.15) is 36.9 Å². The van der Waals surface area contributed by atoms with Crippen molar-refractivity contribution < 1.29 is 4.52 Å². The van der Waals surface area contributed by atoms with Crippen LogP contribution in [-0.4, -0.2) is 24.9 Å². The summed E-state index contributed by atoms with van der Waals surface area (Å²) < 4.78 is 7.78. The molecular formula is C19H17N5OS2. The van der Waals surface area contributed by atoms with Crippen LogP contribution in [0, 0.1) is 0 Å². The van der Waals surface area contributed by atoms with E-state index in [9.17, 15) is 0 Å². The molecule has 136 valence electrons. The highest BCUT2D eigenvalue weighted by atomic mass is 32.2. The summed E-state index contributed by atoms with van der Waals surface area (Å²) in [6.07, 6.45) is 2.36. The van der Waals surface area contributed by atoms with Gasteiger partial charge >= 0.3 is 0 Å². The molecule has 0 bridgehead atoms. The Balaban J connectivity index is 1.40. The van der Waals surface area contributed by atoms with E-state index in [1.54, 1.807) is 23.1 Å². The first kappa shape index (κ1) is 16.7. The van der Waals surface area contributed by atoms with E-state index in [-0.39, 0.29) is 5.25 Å². The van der Waals surface area contributed by atoms with Gasteiger partial charge in [0.05, 0.1) is 10.1 Å². The van der Waals surface area contributed by atoms with Crippen LogP contribution in [0.2, 0.25) is 0 Å². The Morgan fingerprint density at radius 1 is 1.15 bits per heavy atom. The zero-order valence-electron chi connectivity index (χ0n) is 14.6. The zero-order valence-corrected chi connectivity index (χ0v) is 16.3. The standard InChI is InChI=1S/C19H17N5OS2/c1-12(18-20-16(23-25-18)13-6-3-2-4-7-13)27-19-22-21-17(15-8-5-11-26-15)24(19)14-9-10-14/h2-8,11-12,14H,9-10H2,1H3/t12-/m0/s1. The highest BCUT2D eigenvalue weighted by Crippen LogP contribution is 2.44. The molecule has 0 N–H and O–H groups in total. The van der Waals surface area contributed by atoms with E-state index >= 15 is 0 Å². The van der Waals surface area contributed by atoms with Gasteiger partial charge in [-0.05, 0) is 31.2 Å². The van der Waals surface area contributed by atoms with Crippen molar-refractivity contribution in [3.63, 3.8) is 0 Å². The number of thiophene rings is 1. The molecule has 1 saturated carbocycles. The smallest absolute Gasteiger partial charge is 0.240 e. The molecule has 6 nitrogen and oxygen atoms in total. The molecule has 0 unspecified atom stereocenters. The Labute approximate surface area is 164 Å². The van der Waals surface area contributed by atoms with Crippen LogP contribution in [0.15, 0.2) is 57.5 Å². The van der Waals surface area contributed by atoms with Crippen molar-refractivity contribution in [3.05, 3.63) is 53.7 Å². The Hall–Kier alpha value is -2.45. The SMILES string of the molecule is C[C@H](Sc1nnc(-c2cccs2)n1C1CC1)c1nc(-c2ccccc2)no1. The second kappa shape index (κ2) is 6.94. The van der Waals surface area contributed by atoms with Crippen molar-refractivity contribution >= 4 is 23.1 Å². The highest BCUT2D eigenvalue weighted by molar-refractivity contribution is 7.99. The molecule has 1 fully saturated rings. The summed E-state index contributed by atoms with van der Waals surface area (Å²) in [5.41, 5.74) is 0.950. The normalized spacial score (nSPS) is 15.1. The van der Waals surface area contributed by atoms with Gasteiger partial charge in [-0.15, -0.1) is 21.5 Å². The highest BCUT2D eigenvalue weighted by Gasteiger charge is 2.31. The maximum absolute atomic E-state index is 5.51. The topological polar surface area (TPSA) is 69.6 Å². The molecule has 0 radical (unpaired) electrons. The van der Waals surface area contributed by atoms with Gasteiger partial charge in [0, 0.05) is 11.6 Å². The molecule has 1 aliphatic carbocycles. The zero-order chi connectivity index (χ0) is 18.2. The third-order valence-electron chi connectivity index (χ3n) is 4.42. The van der Waals surface area contributed by atoms with Gasteiger partial charge in [0.25, 0.3) is 0 Å². The Kier molecular flexibility index (Phi) is 4.29. The van der Waals surface area contributed by atoms with Gasteiger partial charge < -0.3 is 4.52 Å². The van der Waals surface area contributed by atoms with Gasteiger partial charge in [-0.1, -0.05) is 53.3 Å². The van der Waals surface area contributed by atoms with Gasteiger partial charge in [-0.25, -0.2) is 0 Å². The third kappa shape index (κ3) is 3.30. The minimum Gasteiger partial charge on any atom is -0.338 e. The Morgan fingerprint density at radius 2 is 2.00 bits per heavy atom. The lowest BCUT2D eigenvalue weighted by Gasteiger charge is -2.09. The molecular weight excluding hydrogens is 378 g/mol. The summed E-state index contributed by atoms with van der Waals surface area (Å²) in [5.74, 6) is 2.17.